The molecule has 1 atom stereocenters. The zero-order chi connectivity index (χ0) is 22.7. The van der Waals surface area contributed by atoms with E-state index in [-0.39, 0.29) is 17.5 Å². The van der Waals surface area contributed by atoms with Gasteiger partial charge >= 0.3 is 0 Å². The number of benzene rings is 3. The summed E-state index contributed by atoms with van der Waals surface area (Å²) in [5.74, 6) is -0.336. The molecule has 1 unspecified atom stereocenters. The normalized spacial score (nSPS) is 18.8. The minimum atomic E-state index is -0.465. The molecule has 6 rings (SSSR count). The molecule has 0 bridgehead atoms. The van der Waals surface area contributed by atoms with Gasteiger partial charge in [-0.1, -0.05) is 23.7 Å². The van der Waals surface area contributed by atoms with Crippen molar-refractivity contribution in [1.82, 2.24) is 9.78 Å². The Bertz CT molecular complexity index is 1420. The fourth-order valence-corrected chi connectivity index (χ4v) is 5.19. The lowest BCUT2D eigenvalue weighted by atomic mass is 9.91. The van der Waals surface area contributed by atoms with Crippen molar-refractivity contribution in [2.45, 2.75) is 44.2 Å². The van der Waals surface area contributed by atoms with Crippen molar-refractivity contribution in [3.63, 3.8) is 0 Å². The van der Waals surface area contributed by atoms with E-state index < -0.39 is 5.82 Å². The number of nitrogen functional groups attached to an aromatic ring is 1. The van der Waals surface area contributed by atoms with E-state index in [1.54, 1.807) is 10.9 Å². The number of anilines is 1. The first-order valence-corrected chi connectivity index (χ1v) is 11.7. The number of halogens is 2. The quantitative estimate of drug-likeness (QED) is 0.282. The van der Waals surface area contributed by atoms with Gasteiger partial charge in [0.1, 0.15) is 11.7 Å². The molecule has 33 heavy (non-hydrogen) atoms. The van der Waals surface area contributed by atoms with Crippen LogP contribution in [0.25, 0.3) is 21.7 Å². The number of aromatic nitrogens is 2. The number of hydrogen-bond donors (Lipinski definition) is 1. The van der Waals surface area contributed by atoms with Crippen molar-refractivity contribution in [3.05, 3.63) is 70.1 Å². The monoisotopic (exact) mass is 463 g/mol. The Morgan fingerprint density at radius 1 is 1.12 bits per heavy atom. The van der Waals surface area contributed by atoms with E-state index in [1.165, 1.54) is 12.1 Å². The smallest absolute Gasteiger partial charge is 0.195 e. The van der Waals surface area contributed by atoms with Crippen LogP contribution in [-0.4, -0.2) is 22.2 Å². The second kappa shape index (κ2) is 7.82. The number of ketones is 1. The second-order valence-corrected chi connectivity index (χ2v) is 9.39. The van der Waals surface area contributed by atoms with Gasteiger partial charge in [0.25, 0.3) is 0 Å². The highest BCUT2D eigenvalue weighted by atomic mass is 35.5. The molecule has 4 aromatic rings. The first-order valence-electron chi connectivity index (χ1n) is 11.4. The summed E-state index contributed by atoms with van der Waals surface area (Å²) in [6, 6.07) is 10.3. The number of rotatable bonds is 4. The van der Waals surface area contributed by atoms with Gasteiger partial charge < -0.3 is 10.5 Å². The third kappa shape index (κ3) is 3.40. The summed E-state index contributed by atoms with van der Waals surface area (Å²) >= 11 is 6.52. The molecule has 0 spiro atoms. The summed E-state index contributed by atoms with van der Waals surface area (Å²) < 4.78 is 22.1. The minimum absolute atomic E-state index is 0.167. The largest absolute Gasteiger partial charge is 0.398 e. The van der Waals surface area contributed by atoms with E-state index in [0.717, 1.165) is 48.4 Å². The number of carbonyl (C=O) groups is 1. The zero-order valence-electron chi connectivity index (χ0n) is 18.0. The fourth-order valence-electron chi connectivity index (χ4n) is 4.91. The molecule has 7 heteroatoms. The molecule has 2 heterocycles. The maximum absolute atomic E-state index is 14.7. The predicted octanol–water partition coefficient (Wildman–Crippen LogP) is 6.37. The maximum Gasteiger partial charge on any atom is 0.195 e. The average molecular weight is 464 g/mol. The minimum Gasteiger partial charge on any atom is -0.398 e. The van der Waals surface area contributed by atoms with E-state index in [1.807, 2.05) is 24.3 Å². The zero-order valence-corrected chi connectivity index (χ0v) is 18.7. The lowest BCUT2D eigenvalue weighted by molar-refractivity contribution is -0.0391. The Morgan fingerprint density at radius 2 is 1.97 bits per heavy atom. The Labute approximate surface area is 195 Å². The van der Waals surface area contributed by atoms with Crippen molar-refractivity contribution in [3.8, 4) is 0 Å². The van der Waals surface area contributed by atoms with Crippen molar-refractivity contribution in [2.24, 2.45) is 0 Å². The molecule has 168 valence electrons. The molecule has 1 aromatic heterocycles. The number of hydrogen-bond acceptors (Lipinski definition) is 4. The first kappa shape index (κ1) is 20.6. The van der Waals surface area contributed by atoms with Crippen LogP contribution in [0.2, 0.25) is 5.02 Å². The van der Waals surface area contributed by atoms with E-state index in [9.17, 15) is 9.18 Å². The third-order valence-electron chi connectivity index (χ3n) is 6.78. The molecular formula is C26H23ClFN3O2. The topological polar surface area (TPSA) is 70.1 Å². The van der Waals surface area contributed by atoms with Gasteiger partial charge in [-0.05, 0) is 67.9 Å². The number of nitrogens with zero attached hydrogens (tertiary/aromatic N) is 2. The molecule has 1 aliphatic carbocycles. The van der Waals surface area contributed by atoms with Crippen LogP contribution in [0, 0.1) is 5.82 Å². The summed E-state index contributed by atoms with van der Waals surface area (Å²) in [7, 11) is 0. The SMILES string of the molecule is Nc1c(C(=O)c2ccc(F)c3nn(C4CCCCO4)cc23)cc(C2CC2)c2c(Cl)cccc12. The molecule has 1 saturated carbocycles. The molecule has 1 saturated heterocycles. The van der Waals surface area contributed by atoms with Crippen LogP contribution in [0.3, 0.4) is 0 Å². The van der Waals surface area contributed by atoms with Crippen molar-refractivity contribution >= 4 is 44.7 Å². The molecular weight excluding hydrogens is 441 g/mol. The summed E-state index contributed by atoms with van der Waals surface area (Å²) in [5.41, 5.74) is 8.92. The van der Waals surface area contributed by atoms with Gasteiger partial charge in [-0.15, -0.1) is 0 Å². The Kier molecular flexibility index (Phi) is 4.89. The summed E-state index contributed by atoms with van der Waals surface area (Å²) in [6.45, 7) is 0.648. The van der Waals surface area contributed by atoms with Gasteiger partial charge in [-0.3, -0.25) is 4.79 Å². The lowest BCUT2D eigenvalue weighted by Crippen LogP contribution is -2.18. The van der Waals surface area contributed by atoms with Gasteiger partial charge in [-0.25, -0.2) is 9.07 Å². The van der Waals surface area contributed by atoms with Gasteiger partial charge in [0.2, 0.25) is 0 Å². The van der Waals surface area contributed by atoms with Crippen LogP contribution < -0.4 is 5.73 Å². The van der Waals surface area contributed by atoms with Crippen molar-refractivity contribution in [1.29, 1.82) is 0 Å². The van der Waals surface area contributed by atoms with Gasteiger partial charge in [0.15, 0.2) is 11.6 Å². The fraction of sp³-hybridized carbons (Fsp3) is 0.308. The van der Waals surface area contributed by atoms with Gasteiger partial charge in [0, 0.05) is 45.1 Å². The molecule has 0 radical (unpaired) electrons. The Balaban J connectivity index is 1.51. The van der Waals surface area contributed by atoms with Crippen molar-refractivity contribution in [2.75, 3.05) is 12.3 Å². The Hall–Kier alpha value is -2.96. The molecule has 1 aliphatic heterocycles. The number of fused-ring (bicyclic) bond motifs is 2. The Morgan fingerprint density at radius 3 is 2.73 bits per heavy atom. The number of nitrogens with two attached hydrogens (primary N) is 1. The van der Waals surface area contributed by atoms with E-state index >= 15 is 0 Å². The third-order valence-corrected chi connectivity index (χ3v) is 7.10. The average Bonchev–Trinajstić information content (AvgIpc) is 3.57. The number of ether oxygens (including phenoxy) is 1. The van der Waals surface area contributed by atoms with Crippen LogP contribution in [0.4, 0.5) is 10.1 Å². The van der Waals surface area contributed by atoms with E-state index in [2.05, 4.69) is 5.10 Å². The highest BCUT2D eigenvalue weighted by Gasteiger charge is 2.30. The lowest BCUT2D eigenvalue weighted by Gasteiger charge is -2.22. The van der Waals surface area contributed by atoms with Crippen LogP contribution >= 0.6 is 11.6 Å². The summed E-state index contributed by atoms with van der Waals surface area (Å²) in [6.07, 6.45) is 6.43. The van der Waals surface area contributed by atoms with E-state index in [4.69, 9.17) is 22.1 Å². The van der Waals surface area contributed by atoms with Gasteiger partial charge in [-0.2, -0.15) is 5.10 Å². The van der Waals surface area contributed by atoms with Crippen LogP contribution in [-0.2, 0) is 4.74 Å². The predicted molar refractivity (Wildman–Crippen MR) is 127 cm³/mol. The molecule has 0 amide bonds. The summed E-state index contributed by atoms with van der Waals surface area (Å²) in [5, 5.41) is 7.23. The molecule has 3 aromatic carbocycles. The van der Waals surface area contributed by atoms with Crippen molar-refractivity contribution < 1.29 is 13.9 Å². The molecule has 2 aliphatic rings. The molecule has 2 fully saturated rings. The van der Waals surface area contributed by atoms with Gasteiger partial charge in [0.05, 0.1) is 5.69 Å². The highest BCUT2D eigenvalue weighted by Crippen LogP contribution is 2.47. The molecule has 2 N–H and O–H groups in total. The van der Waals surface area contributed by atoms with Crippen LogP contribution in [0.15, 0.2) is 42.6 Å². The second-order valence-electron chi connectivity index (χ2n) is 8.98. The maximum atomic E-state index is 14.7. The van der Waals surface area contributed by atoms with Crippen LogP contribution in [0.1, 0.15) is 65.7 Å². The van der Waals surface area contributed by atoms with Crippen LogP contribution in [0.5, 0.6) is 0 Å². The van der Waals surface area contributed by atoms with E-state index in [0.29, 0.717) is 39.7 Å². The first-order chi connectivity index (χ1) is 16.0. The molecule has 5 nitrogen and oxygen atoms in total. The summed E-state index contributed by atoms with van der Waals surface area (Å²) in [4.78, 5) is 13.8. The highest BCUT2D eigenvalue weighted by molar-refractivity contribution is 6.36. The standard InChI is InChI=1S/C26H23ClFN3O2/c27-20-5-3-4-16-23(20)17(14-7-8-14)12-18(24(16)29)26(32)15-9-10-21(28)25-19(15)13-31(30-25)22-6-1-2-11-33-22/h3-5,9-10,12-14,22H,1-2,6-8,11,29H2. The number of carbonyl (C=O) groups excluding carboxylic acids is 1.